The lowest BCUT2D eigenvalue weighted by Crippen LogP contribution is -2.41. The van der Waals surface area contributed by atoms with Gasteiger partial charge in [-0.05, 0) is 44.0 Å². The molecule has 0 bridgehead atoms. The maximum absolute atomic E-state index is 12.9. The predicted molar refractivity (Wildman–Crippen MR) is 149 cm³/mol. The van der Waals surface area contributed by atoms with Crippen LogP contribution in [0, 0.1) is 0 Å². The quantitative estimate of drug-likeness (QED) is 0.380. The third-order valence-corrected chi connectivity index (χ3v) is 6.94. The number of anilines is 1. The molecule has 4 N–H and O–H groups in total. The standard InChI is InChI=1S/C27H33FN6O3.ClH/c1-3-34-25(29)23(27(37)30-2)24(36)20-10-11-21(32-26(20)34)18-8-6-17(7-9-18)15-22(35)31-16-19-5-4-13-33(19)14-12-28;/h6-11,19H,3-5,12-16,29H2,1-2H3,(H,30,37)(H,31,35);1H/t19-;/m1./s1. The van der Waals surface area contributed by atoms with Gasteiger partial charge in [0.05, 0.1) is 17.5 Å². The molecule has 2 aromatic heterocycles. The molecule has 1 aliphatic heterocycles. The molecule has 0 radical (unpaired) electrons. The number of alkyl halides is 1. The number of rotatable bonds is 9. The molecule has 1 fully saturated rings. The number of nitrogens with two attached hydrogens (primary N) is 1. The van der Waals surface area contributed by atoms with Crippen molar-refractivity contribution in [3.05, 3.63) is 57.7 Å². The SMILES string of the molecule is CCn1c(N)c(C(=O)NC)c(=O)c2ccc(-c3ccc(CC(=O)NC[C@H]4CCCN4CCF)cc3)nc21.Cl. The number of nitrogens with zero attached hydrogens (tertiary/aromatic N) is 3. The van der Waals surface area contributed by atoms with E-state index in [4.69, 9.17) is 10.7 Å². The van der Waals surface area contributed by atoms with Crippen molar-refractivity contribution in [1.82, 2.24) is 25.1 Å². The number of hydrogen-bond donors (Lipinski definition) is 3. The lowest BCUT2D eigenvalue weighted by molar-refractivity contribution is -0.120. The van der Waals surface area contributed by atoms with Gasteiger partial charge >= 0.3 is 0 Å². The molecule has 0 aliphatic carbocycles. The van der Waals surface area contributed by atoms with Crippen LogP contribution in [0.5, 0.6) is 0 Å². The number of benzene rings is 1. The number of carbonyl (C=O) groups is 2. The highest BCUT2D eigenvalue weighted by Crippen LogP contribution is 2.23. The van der Waals surface area contributed by atoms with Crippen LogP contribution in [0.1, 0.15) is 35.7 Å². The summed E-state index contributed by atoms with van der Waals surface area (Å²) in [6.07, 6.45) is 2.24. The first kappa shape index (κ1) is 29.1. The number of aromatic nitrogens is 2. The summed E-state index contributed by atoms with van der Waals surface area (Å²) < 4.78 is 14.4. The van der Waals surface area contributed by atoms with E-state index in [1.54, 1.807) is 16.7 Å². The maximum Gasteiger partial charge on any atom is 0.258 e. The van der Waals surface area contributed by atoms with Crippen molar-refractivity contribution >= 4 is 41.1 Å². The van der Waals surface area contributed by atoms with E-state index in [0.29, 0.717) is 36.4 Å². The van der Waals surface area contributed by atoms with Crippen molar-refractivity contribution in [3.63, 3.8) is 0 Å². The summed E-state index contributed by atoms with van der Waals surface area (Å²) in [6.45, 7) is 3.76. The average Bonchev–Trinajstić information content (AvgIpc) is 3.35. The Hall–Kier alpha value is -3.50. The topological polar surface area (TPSA) is 122 Å². The number of fused-ring (bicyclic) bond motifs is 1. The van der Waals surface area contributed by atoms with Crippen LogP contribution in [0.2, 0.25) is 0 Å². The van der Waals surface area contributed by atoms with E-state index in [1.165, 1.54) is 7.05 Å². The zero-order valence-electron chi connectivity index (χ0n) is 21.6. The molecule has 1 aromatic carbocycles. The van der Waals surface area contributed by atoms with Gasteiger partial charge in [0.1, 0.15) is 23.7 Å². The molecular weight excluding hydrogens is 511 g/mol. The number of pyridine rings is 2. The highest BCUT2D eigenvalue weighted by atomic mass is 35.5. The molecule has 11 heteroatoms. The summed E-state index contributed by atoms with van der Waals surface area (Å²) >= 11 is 0. The molecule has 3 aromatic rings. The van der Waals surface area contributed by atoms with E-state index in [9.17, 15) is 18.8 Å². The van der Waals surface area contributed by atoms with E-state index in [0.717, 1.165) is 30.5 Å². The fourth-order valence-electron chi connectivity index (χ4n) is 4.96. The van der Waals surface area contributed by atoms with E-state index in [2.05, 4.69) is 15.5 Å². The Morgan fingerprint density at radius 2 is 1.92 bits per heavy atom. The smallest absolute Gasteiger partial charge is 0.258 e. The van der Waals surface area contributed by atoms with Crippen molar-refractivity contribution in [3.8, 4) is 11.3 Å². The monoisotopic (exact) mass is 544 g/mol. The number of carbonyl (C=O) groups excluding carboxylic acids is 2. The van der Waals surface area contributed by atoms with Gasteiger partial charge in [-0.3, -0.25) is 19.3 Å². The van der Waals surface area contributed by atoms with Gasteiger partial charge in [0.15, 0.2) is 0 Å². The number of halogens is 2. The Morgan fingerprint density at radius 1 is 1.18 bits per heavy atom. The molecule has 1 atom stereocenters. The Balaban J connectivity index is 0.00000400. The molecule has 2 amide bonds. The van der Waals surface area contributed by atoms with Gasteiger partial charge < -0.3 is 20.9 Å². The second-order valence-corrected chi connectivity index (χ2v) is 9.18. The second-order valence-electron chi connectivity index (χ2n) is 9.18. The van der Waals surface area contributed by atoms with E-state index in [1.807, 2.05) is 31.2 Å². The van der Waals surface area contributed by atoms with Crippen molar-refractivity contribution in [1.29, 1.82) is 0 Å². The summed E-state index contributed by atoms with van der Waals surface area (Å²) in [5.41, 5.74) is 8.38. The van der Waals surface area contributed by atoms with Crippen LogP contribution in [0.15, 0.2) is 41.2 Å². The maximum atomic E-state index is 12.9. The minimum Gasteiger partial charge on any atom is -0.384 e. The van der Waals surface area contributed by atoms with Crippen LogP contribution in [-0.2, 0) is 17.8 Å². The molecule has 204 valence electrons. The number of nitrogen functional groups attached to an aromatic ring is 1. The molecule has 4 rings (SSSR count). The first-order valence-corrected chi connectivity index (χ1v) is 12.6. The van der Waals surface area contributed by atoms with Crippen molar-refractivity contribution in [2.24, 2.45) is 0 Å². The third kappa shape index (κ3) is 5.97. The molecule has 9 nitrogen and oxygen atoms in total. The zero-order valence-corrected chi connectivity index (χ0v) is 22.4. The van der Waals surface area contributed by atoms with Gasteiger partial charge in [-0.1, -0.05) is 24.3 Å². The zero-order chi connectivity index (χ0) is 26.5. The minimum absolute atomic E-state index is 0. The Labute approximate surface area is 227 Å². The molecule has 0 saturated carbocycles. The predicted octanol–water partition coefficient (Wildman–Crippen LogP) is 2.54. The minimum atomic E-state index is -0.532. The van der Waals surface area contributed by atoms with Crippen molar-refractivity contribution in [2.75, 3.05) is 39.1 Å². The first-order valence-electron chi connectivity index (χ1n) is 12.6. The first-order chi connectivity index (χ1) is 17.9. The molecule has 38 heavy (non-hydrogen) atoms. The second kappa shape index (κ2) is 12.8. The highest BCUT2D eigenvalue weighted by molar-refractivity contribution is 6.01. The van der Waals surface area contributed by atoms with Gasteiger partial charge in [0.2, 0.25) is 11.3 Å². The summed E-state index contributed by atoms with van der Waals surface area (Å²) in [6, 6.07) is 11.1. The lowest BCUT2D eigenvalue weighted by Gasteiger charge is -2.23. The van der Waals surface area contributed by atoms with Crippen molar-refractivity contribution < 1.29 is 14.0 Å². The molecule has 1 saturated heterocycles. The van der Waals surface area contributed by atoms with Crippen LogP contribution in [-0.4, -0.2) is 65.7 Å². The van der Waals surface area contributed by atoms with Crippen molar-refractivity contribution in [2.45, 2.75) is 38.8 Å². The Kier molecular flexibility index (Phi) is 9.82. The third-order valence-electron chi connectivity index (χ3n) is 6.94. The molecule has 3 heterocycles. The molecule has 1 aliphatic rings. The number of aryl methyl sites for hydroxylation is 1. The van der Waals surface area contributed by atoms with Gasteiger partial charge in [0.25, 0.3) is 5.91 Å². The van der Waals surface area contributed by atoms with Gasteiger partial charge in [-0.25, -0.2) is 9.37 Å². The number of nitrogens with one attached hydrogen (secondary N) is 2. The fraction of sp³-hybridized carbons (Fsp3) is 0.407. The van der Waals surface area contributed by atoms with E-state index in [-0.39, 0.29) is 48.8 Å². The Morgan fingerprint density at radius 3 is 2.58 bits per heavy atom. The van der Waals surface area contributed by atoms with Gasteiger partial charge in [-0.15, -0.1) is 12.4 Å². The summed E-state index contributed by atoms with van der Waals surface area (Å²) in [5, 5.41) is 5.77. The van der Waals surface area contributed by atoms with Crippen LogP contribution in [0.3, 0.4) is 0 Å². The van der Waals surface area contributed by atoms with Crippen LogP contribution >= 0.6 is 12.4 Å². The Bertz CT molecular complexity index is 1360. The number of amides is 2. The summed E-state index contributed by atoms with van der Waals surface area (Å²) in [4.78, 5) is 44.5. The largest absolute Gasteiger partial charge is 0.384 e. The van der Waals surface area contributed by atoms with E-state index < -0.39 is 11.3 Å². The summed E-state index contributed by atoms with van der Waals surface area (Å²) in [7, 11) is 1.45. The highest BCUT2D eigenvalue weighted by Gasteiger charge is 2.24. The number of hydrogen-bond acceptors (Lipinski definition) is 6. The summed E-state index contributed by atoms with van der Waals surface area (Å²) in [5.74, 6) is -0.524. The van der Waals surface area contributed by atoms with Gasteiger partial charge in [-0.2, -0.15) is 0 Å². The number of likely N-dealkylation sites (tertiary alicyclic amines) is 1. The van der Waals surface area contributed by atoms with Crippen LogP contribution in [0.25, 0.3) is 22.3 Å². The molecule has 0 unspecified atom stereocenters. The molecule has 0 spiro atoms. The van der Waals surface area contributed by atoms with E-state index >= 15 is 0 Å². The normalized spacial score (nSPS) is 15.3. The van der Waals surface area contributed by atoms with Gasteiger partial charge in [0, 0.05) is 38.3 Å². The van der Waals surface area contributed by atoms with Crippen LogP contribution < -0.4 is 21.8 Å². The lowest BCUT2D eigenvalue weighted by atomic mass is 10.0. The fourth-order valence-corrected chi connectivity index (χ4v) is 4.96. The average molecular weight is 545 g/mol. The molecular formula is C27H34ClFN6O3. The van der Waals surface area contributed by atoms with Crippen LogP contribution in [0.4, 0.5) is 10.2 Å².